The van der Waals surface area contributed by atoms with E-state index in [0.717, 1.165) is 5.56 Å². The molecule has 0 bridgehead atoms. The molecule has 1 aromatic rings. The Hall–Kier alpha value is -1.60. The number of rotatable bonds is 6. The Labute approximate surface area is 108 Å². The molecule has 0 atom stereocenters. The lowest BCUT2D eigenvalue weighted by molar-refractivity contribution is -0.174. The SMILES string of the molecule is CNCc1ccccc1NC(=O)COCC(F)(F)F. The fourth-order valence-electron chi connectivity index (χ4n) is 1.43. The average Bonchev–Trinajstić information content (AvgIpc) is 2.30. The molecule has 0 saturated heterocycles. The van der Waals surface area contributed by atoms with Crippen molar-refractivity contribution in [3.63, 3.8) is 0 Å². The predicted molar refractivity (Wildman–Crippen MR) is 64.7 cm³/mol. The largest absolute Gasteiger partial charge is 0.411 e. The highest BCUT2D eigenvalue weighted by Crippen LogP contribution is 2.16. The van der Waals surface area contributed by atoms with Crippen molar-refractivity contribution in [3.05, 3.63) is 29.8 Å². The van der Waals surface area contributed by atoms with Crippen LogP contribution in [0.15, 0.2) is 24.3 Å². The highest BCUT2D eigenvalue weighted by molar-refractivity contribution is 5.92. The maximum absolute atomic E-state index is 11.8. The second-order valence-corrected chi connectivity index (χ2v) is 3.84. The first-order valence-corrected chi connectivity index (χ1v) is 5.59. The summed E-state index contributed by atoms with van der Waals surface area (Å²) >= 11 is 0. The number of para-hydroxylation sites is 1. The number of benzene rings is 1. The number of ether oxygens (including phenoxy) is 1. The van der Waals surface area contributed by atoms with E-state index in [1.165, 1.54) is 0 Å². The monoisotopic (exact) mass is 276 g/mol. The average molecular weight is 276 g/mol. The van der Waals surface area contributed by atoms with Gasteiger partial charge in [0.1, 0.15) is 13.2 Å². The van der Waals surface area contributed by atoms with E-state index >= 15 is 0 Å². The van der Waals surface area contributed by atoms with E-state index in [4.69, 9.17) is 0 Å². The second kappa shape index (κ2) is 7.10. The van der Waals surface area contributed by atoms with Gasteiger partial charge in [-0.05, 0) is 18.7 Å². The van der Waals surface area contributed by atoms with Crippen LogP contribution in [0.2, 0.25) is 0 Å². The summed E-state index contributed by atoms with van der Waals surface area (Å²) in [5.41, 5.74) is 1.40. The summed E-state index contributed by atoms with van der Waals surface area (Å²) in [4.78, 5) is 11.4. The van der Waals surface area contributed by atoms with E-state index in [1.54, 1.807) is 19.2 Å². The summed E-state index contributed by atoms with van der Waals surface area (Å²) in [6.07, 6.45) is -4.43. The quantitative estimate of drug-likeness (QED) is 0.834. The topological polar surface area (TPSA) is 50.4 Å². The number of anilines is 1. The predicted octanol–water partition coefficient (Wildman–Crippen LogP) is 1.92. The first-order chi connectivity index (χ1) is 8.92. The molecular formula is C12H15F3N2O2. The summed E-state index contributed by atoms with van der Waals surface area (Å²) in [5, 5.41) is 5.44. The Morgan fingerprint density at radius 2 is 2.00 bits per heavy atom. The zero-order chi connectivity index (χ0) is 14.3. The van der Waals surface area contributed by atoms with Crippen molar-refractivity contribution in [3.8, 4) is 0 Å². The molecule has 0 aliphatic carbocycles. The fourth-order valence-corrected chi connectivity index (χ4v) is 1.43. The first-order valence-electron chi connectivity index (χ1n) is 5.59. The molecule has 0 radical (unpaired) electrons. The molecule has 0 aromatic heterocycles. The maximum atomic E-state index is 11.8. The molecule has 7 heteroatoms. The van der Waals surface area contributed by atoms with E-state index in [2.05, 4.69) is 15.4 Å². The molecule has 0 aliphatic rings. The number of alkyl halides is 3. The van der Waals surface area contributed by atoms with Gasteiger partial charge >= 0.3 is 6.18 Å². The zero-order valence-corrected chi connectivity index (χ0v) is 10.4. The van der Waals surface area contributed by atoms with Gasteiger partial charge in [-0.25, -0.2) is 0 Å². The lowest BCUT2D eigenvalue weighted by Gasteiger charge is -2.11. The van der Waals surface area contributed by atoms with Crippen molar-refractivity contribution in [2.45, 2.75) is 12.7 Å². The van der Waals surface area contributed by atoms with Gasteiger partial charge in [0.15, 0.2) is 0 Å². The van der Waals surface area contributed by atoms with Crippen LogP contribution in [0.4, 0.5) is 18.9 Å². The molecule has 0 fully saturated rings. The Bertz CT molecular complexity index is 422. The minimum absolute atomic E-state index is 0.542. The Balaban J connectivity index is 2.48. The van der Waals surface area contributed by atoms with Crippen LogP contribution in [0.25, 0.3) is 0 Å². The molecule has 0 heterocycles. The van der Waals surface area contributed by atoms with Gasteiger partial charge in [-0.3, -0.25) is 4.79 Å². The van der Waals surface area contributed by atoms with Crippen LogP contribution in [-0.4, -0.2) is 32.3 Å². The third kappa shape index (κ3) is 6.21. The van der Waals surface area contributed by atoms with Crippen molar-refractivity contribution in [2.75, 3.05) is 25.6 Å². The van der Waals surface area contributed by atoms with Gasteiger partial charge in [0.25, 0.3) is 0 Å². The molecule has 1 amide bonds. The molecule has 0 spiro atoms. The Morgan fingerprint density at radius 1 is 1.32 bits per heavy atom. The van der Waals surface area contributed by atoms with Crippen molar-refractivity contribution in [2.24, 2.45) is 0 Å². The highest BCUT2D eigenvalue weighted by Gasteiger charge is 2.27. The van der Waals surface area contributed by atoms with E-state index < -0.39 is 25.3 Å². The van der Waals surface area contributed by atoms with Gasteiger partial charge in [-0.15, -0.1) is 0 Å². The molecule has 0 unspecified atom stereocenters. The second-order valence-electron chi connectivity index (χ2n) is 3.84. The number of amides is 1. The molecule has 1 aromatic carbocycles. The minimum Gasteiger partial charge on any atom is -0.362 e. The number of hydrogen-bond donors (Lipinski definition) is 2. The first kappa shape index (κ1) is 15.5. The summed E-state index contributed by atoms with van der Waals surface area (Å²) in [6, 6.07) is 7.02. The Kier molecular flexibility index (Phi) is 5.78. The number of halogens is 3. The zero-order valence-electron chi connectivity index (χ0n) is 10.4. The van der Waals surface area contributed by atoms with E-state index in [0.29, 0.717) is 12.2 Å². The van der Waals surface area contributed by atoms with Crippen molar-refractivity contribution in [1.82, 2.24) is 5.32 Å². The summed E-state index contributed by atoms with van der Waals surface area (Å²) in [5.74, 6) is -0.618. The summed E-state index contributed by atoms with van der Waals surface area (Å²) < 4.78 is 39.8. The van der Waals surface area contributed by atoms with Crippen LogP contribution in [0.5, 0.6) is 0 Å². The molecule has 0 saturated carbocycles. The van der Waals surface area contributed by atoms with Crippen LogP contribution in [0.3, 0.4) is 0 Å². The van der Waals surface area contributed by atoms with E-state index in [-0.39, 0.29) is 0 Å². The van der Waals surface area contributed by atoms with Crippen LogP contribution in [-0.2, 0) is 16.1 Å². The lowest BCUT2D eigenvalue weighted by atomic mass is 10.2. The molecular weight excluding hydrogens is 261 g/mol. The molecule has 4 nitrogen and oxygen atoms in total. The number of nitrogens with one attached hydrogen (secondary N) is 2. The summed E-state index contributed by atoms with van der Waals surface area (Å²) in [7, 11) is 1.76. The van der Waals surface area contributed by atoms with Gasteiger partial charge in [-0.1, -0.05) is 18.2 Å². The smallest absolute Gasteiger partial charge is 0.362 e. The number of carbonyl (C=O) groups is 1. The lowest BCUT2D eigenvalue weighted by Crippen LogP contribution is -2.24. The van der Waals surface area contributed by atoms with Crippen LogP contribution >= 0.6 is 0 Å². The van der Waals surface area contributed by atoms with Crippen molar-refractivity contribution >= 4 is 11.6 Å². The molecule has 106 valence electrons. The summed E-state index contributed by atoms with van der Waals surface area (Å²) in [6.45, 7) is -1.52. The van der Waals surface area contributed by atoms with Gasteiger partial charge in [-0.2, -0.15) is 13.2 Å². The standard InChI is InChI=1S/C12H15F3N2O2/c1-16-6-9-4-2-3-5-10(9)17-11(18)7-19-8-12(13,14)15/h2-5,16H,6-8H2,1H3,(H,17,18). The molecule has 19 heavy (non-hydrogen) atoms. The maximum Gasteiger partial charge on any atom is 0.411 e. The fraction of sp³-hybridized carbons (Fsp3) is 0.417. The molecule has 2 N–H and O–H groups in total. The van der Waals surface area contributed by atoms with Crippen molar-refractivity contribution < 1.29 is 22.7 Å². The van der Waals surface area contributed by atoms with Crippen LogP contribution in [0.1, 0.15) is 5.56 Å². The van der Waals surface area contributed by atoms with Crippen LogP contribution in [0, 0.1) is 0 Å². The van der Waals surface area contributed by atoms with Gasteiger partial charge in [0.2, 0.25) is 5.91 Å². The van der Waals surface area contributed by atoms with Crippen molar-refractivity contribution in [1.29, 1.82) is 0 Å². The van der Waals surface area contributed by atoms with E-state index in [9.17, 15) is 18.0 Å². The van der Waals surface area contributed by atoms with Gasteiger partial charge in [0.05, 0.1) is 0 Å². The Morgan fingerprint density at radius 3 is 2.63 bits per heavy atom. The third-order valence-corrected chi connectivity index (χ3v) is 2.16. The van der Waals surface area contributed by atoms with Crippen LogP contribution < -0.4 is 10.6 Å². The normalized spacial score (nSPS) is 11.4. The van der Waals surface area contributed by atoms with E-state index in [1.807, 2.05) is 12.1 Å². The number of carbonyl (C=O) groups excluding carboxylic acids is 1. The van der Waals surface area contributed by atoms with Gasteiger partial charge < -0.3 is 15.4 Å². The molecule has 0 aliphatic heterocycles. The minimum atomic E-state index is -4.43. The van der Waals surface area contributed by atoms with Gasteiger partial charge in [0, 0.05) is 12.2 Å². The molecule has 1 rings (SSSR count). The third-order valence-electron chi connectivity index (χ3n) is 2.16. The highest BCUT2D eigenvalue weighted by atomic mass is 19.4. The number of hydrogen-bond acceptors (Lipinski definition) is 3.